The predicted octanol–water partition coefficient (Wildman–Crippen LogP) is 4.07. The third-order valence-corrected chi connectivity index (χ3v) is 4.64. The third kappa shape index (κ3) is 6.95. The Labute approximate surface area is 178 Å². The van der Waals surface area contributed by atoms with E-state index in [0.717, 1.165) is 11.1 Å². The Hall–Kier alpha value is -2.73. The van der Waals surface area contributed by atoms with Crippen LogP contribution in [0.3, 0.4) is 0 Å². The highest BCUT2D eigenvalue weighted by Crippen LogP contribution is 2.22. The zero-order chi connectivity index (χ0) is 21.8. The van der Waals surface area contributed by atoms with Gasteiger partial charge in [-0.25, -0.2) is 0 Å². The lowest BCUT2D eigenvalue weighted by Crippen LogP contribution is -2.46. The molecule has 0 saturated heterocycles. The van der Waals surface area contributed by atoms with Crippen LogP contribution >= 0.6 is 0 Å². The number of hydrogen-bond donors (Lipinski definition) is 1. The van der Waals surface area contributed by atoms with Gasteiger partial charge in [-0.15, -0.1) is 13.2 Å². The van der Waals surface area contributed by atoms with E-state index in [0.29, 0.717) is 6.61 Å². The summed E-state index contributed by atoms with van der Waals surface area (Å²) in [4.78, 5) is 12.3. The van der Waals surface area contributed by atoms with Crippen molar-refractivity contribution in [1.82, 2.24) is 0 Å². The molecule has 5 heteroatoms. The van der Waals surface area contributed by atoms with Crippen molar-refractivity contribution >= 4 is 5.97 Å². The van der Waals surface area contributed by atoms with Crippen LogP contribution in [0.1, 0.15) is 18.1 Å². The molecule has 0 heterocycles. The molecule has 0 radical (unpaired) electrons. The highest BCUT2D eigenvalue weighted by molar-refractivity contribution is 5.75. The van der Waals surface area contributed by atoms with E-state index in [1.807, 2.05) is 60.7 Å². The minimum Gasteiger partial charge on any atom is -0.465 e. The van der Waals surface area contributed by atoms with Gasteiger partial charge in [-0.1, -0.05) is 72.8 Å². The first-order chi connectivity index (χ1) is 14.6. The summed E-state index contributed by atoms with van der Waals surface area (Å²) in [5.41, 5.74) is 1.91. The molecule has 0 saturated carbocycles. The van der Waals surface area contributed by atoms with Crippen LogP contribution in [-0.2, 0) is 32.2 Å². The highest BCUT2D eigenvalue weighted by atomic mass is 16.6. The molecule has 0 spiro atoms. The number of rotatable bonds is 13. The van der Waals surface area contributed by atoms with Crippen LogP contribution in [0, 0.1) is 5.92 Å². The second-order valence-electron chi connectivity index (χ2n) is 6.76. The van der Waals surface area contributed by atoms with Gasteiger partial charge in [-0.2, -0.15) is 0 Å². The highest BCUT2D eigenvalue weighted by Gasteiger charge is 2.37. The van der Waals surface area contributed by atoms with E-state index in [2.05, 4.69) is 13.2 Å². The third-order valence-electron chi connectivity index (χ3n) is 4.64. The van der Waals surface area contributed by atoms with Crippen LogP contribution < -0.4 is 0 Å². The van der Waals surface area contributed by atoms with Crippen LogP contribution in [0.15, 0.2) is 86.0 Å². The molecule has 30 heavy (non-hydrogen) atoms. The first-order valence-electron chi connectivity index (χ1n) is 10.0. The Morgan fingerprint density at radius 2 is 1.47 bits per heavy atom. The molecule has 2 aromatic rings. The van der Waals surface area contributed by atoms with Crippen molar-refractivity contribution < 1.29 is 24.1 Å². The van der Waals surface area contributed by atoms with Crippen molar-refractivity contribution in [3.63, 3.8) is 0 Å². The lowest BCUT2D eigenvalue weighted by atomic mass is 9.94. The molecule has 0 fully saturated rings. The molecule has 5 nitrogen and oxygen atoms in total. The maximum absolute atomic E-state index is 12.3. The van der Waals surface area contributed by atoms with Crippen LogP contribution in [-0.4, -0.2) is 36.0 Å². The summed E-state index contributed by atoms with van der Waals surface area (Å²) in [6.45, 7) is 10.00. The van der Waals surface area contributed by atoms with E-state index in [4.69, 9.17) is 14.2 Å². The number of carbonyl (C=O) groups is 1. The average Bonchev–Trinajstić information content (AvgIpc) is 2.78. The van der Waals surface area contributed by atoms with E-state index in [9.17, 15) is 9.90 Å². The zero-order valence-corrected chi connectivity index (χ0v) is 17.4. The Morgan fingerprint density at radius 1 is 0.933 bits per heavy atom. The lowest BCUT2D eigenvalue weighted by molar-refractivity contribution is -0.161. The van der Waals surface area contributed by atoms with Crippen molar-refractivity contribution in [2.75, 3.05) is 6.61 Å². The van der Waals surface area contributed by atoms with E-state index < -0.39 is 30.2 Å². The van der Waals surface area contributed by atoms with Gasteiger partial charge >= 0.3 is 5.97 Å². The minimum atomic E-state index is -1.22. The van der Waals surface area contributed by atoms with Gasteiger partial charge in [-0.3, -0.25) is 4.79 Å². The summed E-state index contributed by atoms with van der Waals surface area (Å²) in [5, 5.41) is 11.0. The molecule has 160 valence electrons. The van der Waals surface area contributed by atoms with Gasteiger partial charge in [0, 0.05) is 0 Å². The van der Waals surface area contributed by atoms with Gasteiger partial charge in [0.05, 0.1) is 25.9 Å². The molecule has 0 aliphatic carbocycles. The standard InChI is InChI=1S/C25H30O5/c1-4-21(25(27)28-6-3)23(26)24(30-18-20-15-11-8-12-16-20)22(5-2)29-17-19-13-9-7-10-14-19/h4-5,7-16,21-24,26H,1-2,6,17-18H2,3H3. The monoisotopic (exact) mass is 410 g/mol. The summed E-state index contributed by atoms with van der Waals surface area (Å²) in [6, 6.07) is 19.3. The molecule has 4 atom stereocenters. The molecule has 0 aromatic heterocycles. The molecule has 0 amide bonds. The van der Waals surface area contributed by atoms with E-state index >= 15 is 0 Å². The molecule has 2 rings (SSSR count). The van der Waals surface area contributed by atoms with Crippen LogP contribution in [0.25, 0.3) is 0 Å². The van der Waals surface area contributed by atoms with Gasteiger partial charge in [0.25, 0.3) is 0 Å². The van der Waals surface area contributed by atoms with Crippen molar-refractivity contribution in [1.29, 1.82) is 0 Å². The summed E-state index contributed by atoms with van der Waals surface area (Å²) < 4.78 is 17.1. The number of ether oxygens (including phenoxy) is 3. The number of esters is 1. The van der Waals surface area contributed by atoms with Crippen molar-refractivity contribution in [3.05, 3.63) is 97.1 Å². The second kappa shape index (κ2) is 12.8. The number of aliphatic hydroxyl groups excluding tert-OH is 1. The van der Waals surface area contributed by atoms with Crippen LogP contribution in [0.4, 0.5) is 0 Å². The van der Waals surface area contributed by atoms with Gasteiger partial charge < -0.3 is 19.3 Å². The number of carbonyl (C=O) groups excluding carboxylic acids is 1. The fourth-order valence-corrected chi connectivity index (χ4v) is 3.04. The second-order valence-corrected chi connectivity index (χ2v) is 6.76. The Bertz CT molecular complexity index is 775. The molecule has 0 aliphatic heterocycles. The maximum atomic E-state index is 12.3. The molecular weight excluding hydrogens is 380 g/mol. The molecule has 4 unspecified atom stereocenters. The molecule has 0 aliphatic rings. The fraction of sp³-hybridized carbons (Fsp3) is 0.320. The minimum absolute atomic E-state index is 0.209. The average molecular weight is 411 g/mol. The normalized spacial score (nSPS) is 14.9. The largest absolute Gasteiger partial charge is 0.465 e. The van der Waals surface area contributed by atoms with Crippen molar-refractivity contribution in [2.45, 2.75) is 38.4 Å². The fourth-order valence-electron chi connectivity index (χ4n) is 3.04. The Morgan fingerprint density at radius 3 is 1.93 bits per heavy atom. The predicted molar refractivity (Wildman–Crippen MR) is 117 cm³/mol. The molecule has 0 bridgehead atoms. The molecule has 2 aromatic carbocycles. The number of aliphatic hydroxyl groups is 1. The smallest absolute Gasteiger partial charge is 0.315 e. The van der Waals surface area contributed by atoms with Crippen LogP contribution in [0.2, 0.25) is 0 Å². The Kier molecular flexibility index (Phi) is 10.0. The van der Waals surface area contributed by atoms with E-state index in [1.165, 1.54) is 6.08 Å². The Balaban J connectivity index is 2.19. The first-order valence-corrected chi connectivity index (χ1v) is 10.0. The number of hydrogen-bond acceptors (Lipinski definition) is 5. The summed E-state index contributed by atoms with van der Waals surface area (Å²) in [6.07, 6.45) is 0.232. The maximum Gasteiger partial charge on any atom is 0.315 e. The van der Waals surface area contributed by atoms with E-state index in [1.54, 1.807) is 13.0 Å². The van der Waals surface area contributed by atoms with Gasteiger partial charge in [-0.05, 0) is 18.1 Å². The van der Waals surface area contributed by atoms with Gasteiger partial charge in [0.2, 0.25) is 0 Å². The van der Waals surface area contributed by atoms with Crippen LogP contribution in [0.5, 0.6) is 0 Å². The lowest BCUT2D eigenvalue weighted by Gasteiger charge is -2.32. The molecule has 1 N–H and O–H groups in total. The SMILES string of the molecule is C=CC(OCc1ccccc1)C(OCc1ccccc1)C(O)C(C=C)C(=O)OCC. The van der Waals surface area contributed by atoms with Gasteiger partial charge in [0.15, 0.2) is 0 Å². The summed E-state index contributed by atoms with van der Waals surface area (Å²) in [7, 11) is 0. The number of benzene rings is 2. The summed E-state index contributed by atoms with van der Waals surface area (Å²) >= 11 is 0. The van der Waals surface area contributed by atoms with E-state index in [-0.39, 0.29) is 13.2 Å². The molecular formula is C25H30O5. The first kappa shape index (κ1) is 23.5. The van der Waals surface area contributed by atoms with Crippen molar-refractivity contribution in [3.8, 4) is 0 Å². The zero-order valence-electron chi connectivity index (χ0n) is 17.4. The van der Waals surface area contributed by atoms with Crippen molar-refractivity contribution in [2.24, 2.45) is 5.92 Å². The quantitative estimate of drug-likeness (QED) is 0.398. The van der Waals surface area contributed by atoms with Gasteiger partial charge in [0.1, 0.15) is 18.1 Å². The summed E-state index contributed by atoms with van der Waals surface area (Å²) in [5.74, 6) is -1.51. The topological polar surface area (TPSA) is 65.0 Å².